The molecule has 13 heavy (non-hydrogen) atoms. The predicted molar refractivity (Wildman–Crippen MR) is 57.5 cm³/mol. The van der Waals surface area contributed by atoms with Gasteiger partial charge < -0.3 is 10.8 Å². The maximum absolute atomic E-state index is 10.1. The summed E-state index contributed by atoms with van der Waals surface area (Å²) in [6.45, 7) is 11.0. The van der Waals surface area contributed by atoms with E-state index in [0.29, 0.717) is 6.54 Å². The van der Waals surface area contributed by atoms with E-state index >= 15 is 0 Å². The second-order valence-corrected chi connectivity index (χ2v) is 5.55. The topological polar surface area (TPSA) is 46.2 Å². The monoisotopic (exact) mass is 187 g/mol. The minimum absolute atomic E-state index is 0.176. The molecule has 3 N–H and O–H groups in total. The van der Waals surface area contributed by atoms with Crippen molar-refractivity contribution in [1.82, 2.24) is 0 Å². The molecule has 0 heterocycles. The van der Waals surface area contributed by atoms with Crippen molar-refractivity contribution in [2.24, 2.45) is 17.1 Å². The Morgan fingerprint density at radius 1 is 1.15 bits per heavy atom. The Labute approximate surface area is 82.5 Å². The van der Waals surface area contributed by atoms with Crippen LogP contribution in [-0.2, 0) is 0 Å². The maximum Gasteiger partial charge on any atom is 0.0657 e. The van der Waals surface area contributed by atoms with Gasteiger partial charge in [-0.05, 0) is 37.6 Å². The lowest BCUT2D eigenvalue weighted by molar-refractivity contribution is -0.00716. The van der Waals surface area contributed by atoms with Crippen molar-refractivity contribution in [3.63, 3.8) is 0 Å². The average Bonchev–Trinajstić information content (AvgIpc) is 1.98. The lowest BCUT2D eigenvalue weighted by atomic mass is 9.80. The van der Waals surface area contributed by atoms with E-state index in [2.05, 4.69) is 20.8 Å². The molecule has 0 aromatic heterocycles. The van der Waals surface area contributed by atoms with E-state index in [4.69, 9.17) is 5.73 Å². The van der Waals surface area contributed by atoms with E-state index in [1.54, 1.807) is 0 Å². The second-order valence-electron chi connectivity index (χ2n) is 5.55. The largest absolute Gasteiger partial charge is 0.390 e. The lowest BCUT2D eigenvalue weighted by Gasteiger charge is -2.32. The minimum Gasteiger partial charge on any atom is -0.390 e. The molecule has 0 spiro atoms. The molecular formula is C11H25NO. The zero-order valence-electron chi connectivity index (χ0n) is 9.72. The van der Waals surface area contributed by atoms with Crippen LogP contribution in [0.1, 0.15) is 47.5 Å². The summed E-state index contributed by atoms with van der Waals surface area (Å²) in [4.78, 5) is 0. The molecule has 0 bridgehead atoms. The summed E-state index contributed by atoms with van der Waals surface area (Å²) in [5.74, 6) is 0.176. The second kappa shape index (κ2) is 4.43. The van der Waals surface area contributed by atoms with Crippen LogP contribution < -0.4 is 5.73 Å². The highest BCUT2D eigenvalue weighted by Crippen LogP contribution is 2.29. The third kappa shape index (κ3) is 5.27. The van der Waals surface area contributed by atoms with Crippen molar-refractivity contribution >= 4 is 0 Å². The Hall–Kier alpha value is -0.0800. The molecule has 80 valence electrons. The maximum atomic E-state index is 10.1. The van der Waals surface area contributed by atoms with Gasteiger partial charge in [0.25, 0.3) is 0 Å². The van der Waals surface area contributed by atoms with Crippen LogP contribution in [0.2, 0.25) is 0 Å². The van der Waals surface area contributed by atoms with Crippen LogP contribution in [0.25, 0.3) is 0 Å². The van der Waals surface area contributed by atoms with Crippen LogP contribution in [0, 0.1) is 11.3 Å². The van der Waals surface area contributed by atoms with Crippen LogP contribution >= 0.6 is 0 Å². The van der Waals surface area contributed by atoms with Crippen molar-refractivity contribution < 1.29 is 5.11 Å². The fraction of sp³-hybridized carbons (Fsp3) is 1.00. The van der Waals surface area contributed by atoms with E-state index in [9.17, 15) is 5.11 Å². The summed E-state index contributed by atoms with van der Waals surface area (Å²) >= 11 is 0. The summed E-state index contributed by atoms with van der Waals surface area (Å²) in [5.41, 5.74) is 5.22. The summed E-state index contributed by atoms with van der Waals surface area (Å²) < 4.78 is 0. The minimum atomic E-state index is -0.609. The van der Waals surface area contributed by atoms with Gasteiger partial charge in [0.1, 0.15) is 0 Å². The first-order valence-corrected chi connectivity index (χ1v) is 5.11. The Balaban J connectivity index is 4.03. The third-order valence-electron chi connectivity index (χ3n) is 2.80. The molecule has 0 aliphatic rings. The van der Waals surface area contributed by atoms with E-state index in [1.807, 2.05) is 13.8 Å². The summed E-state index contributed by atoms with van der Waals surface area (Å²) in [7, 11) is 0. The molecule has 0 aliphatic carbocycles. The number of rotatable bonds is 4. The molecule has 0 fully saturated rings. The first-order valence-electron chi connectivity index (χ1n) is 5.11. The van der Waals surface area contributed by atoms with Crippen LogP contribution in [0.4, 0.5) is 0 Å². The van der Waals surface area contributed by atoms with Crippen LogP contribution in [0.5, 0.6) is 0 Å². The van der Waals surface area contributed by atoms with Crippen LogP contribution in [0.15, 0.2) is 0 Å². The van der Waals surface area contributed by atoms with Gasteiger partial charge in [0.2, 0.25) is 0 Å². The summed E-state index contributed by atoms with van der Waals surface area (Å²) in [5, 5.41) is 10.1. The number of hydrogen-bond acceptors (Lipinski definition) is 2. The summed E-state index contributed by atoms with van der Waals surface area (Å²) in [6.07, 6.45) is 1.86. The molecule has 0 rings (SSSR count). The molecule has 0 saturated heterocycles. The molecule has 0 amide bonds. The van der Waals surface area contributed by atoms with Crippen molar-refractivity contribution in [2.45, 2.75) is 53.1 Å². The molecule has 2 unspecified atom stereocenters. The smallest absolute Gasteiger partial charge is 0.0657 e. The number of nitrogens with two attached hydrogens (primary N) is 1. The van der Waals surface area contributed by atoms with Gasteiger partial charge in [-0.25, -0.2) is 0 Å². The van der Waals surface area contributed by atoms with Crippen molar-refractivity contribution in [1.29, 1.82) is 0 Å². The zero-order chi connectivity index (χ0) is 10.7. The molecule has 2 heteroatoms. The summed E-state index contributed by atoms with van der Waals surface area (Å²) in [6, 6.07) is 0. The van der Waals surface area contributed by atoms with Gasteiger partial charge in [-0.1, -0.05) is 27.7 Å². The molecule has 0 aromatic carbocycles. The van der Waals surface area contributed by atoms with Crippen molar-refractivity contribution in [3.8, 4) is 0 Å². The van der Waals surface area contributed by atoms with E-state index in [-0.39, 0.29) is 11.3 Å². The molecule has 0 radical (unpaired) electrons. The Kier molecular flexibility index (Phi) is 4.40. The molecule has 0 aliphatic heterocycles. The molecule has 0 saturated carbocycles. The van der Waals surface area contributed by atoms with Gasteiger partial charge >= 0.3 is 0 Å². The van der Waals surface area contributed by atoms with Crippen LogP contribution in [0.3, 0.4) is 0 Å². The van der Waals surface area contributed by atoms with Crippen molar-refractivity contribution in [2.75, 3.05) is 6.54 Å². The molecule has 2 atom stereocenters. The highest BCUT2D eigenvalue weighted by molar-refractivity contribution is 4.81. The van der Waals surface area contributed by atoms with Gasteiger partial charge in [0.05, 0.1) is 5.60 Å². The fourth-order valence-corrected chi connectivity index (χ4v) is 1.13. The highest BCUT2D eigenvalue weighted by Gasteiger charge is 2.28. The molecule has 0 aromatic rings. The lowest BCUT2D eigenvalue weighted by Crippen LogP contribution is -2.38. The first kappa shape index (κ1) is 12.9. The average molecular weight is 187 g/mol. The van der Waals surface area contributed by atoms with E-state index in [1.165, 1.54) is 0 Å². The normalized spacial score (nSPS) is 19.6. The molecule has 2 nitrogen and oxygen atoms in total. The first-order chi connectivity index (χ1) is 5.69. The predicted octanol–water partition coefficient (Wildman–Crippen LogP) is 2.16. The standard InChI is InChI=1S/C11H25NO/c1-9(8-12)11(5,13)7-6-10(2,3)4/h9,13H,6-8,12H2,1-5H3. The molecular weight excluding hydrogens is 162 g/mol. The van der Waals surface area contributed by atoms with Crippen molar-refractivity contribution in [3.05, 3.63) is 0 Å². The van der Waals surface area contributed by atoms with E-state index < -0.39 is 5.60 Å². The van der Waals surface area contributed by atoms with E-state index in [0.717, 1.165) is 12.8 Å². The number of aliphatic hydroxyl groups is 1. The third-order valence-corrected chi connectivity index (χ3v) is 2.80. The Bertz CT molecular complexity index is 147. The van der Waals surface area contributed by atoms with Crippen LogP contribution in [-0.4, -0.2) is 17.3 Å². The van der Waals surface area contributed by atoms with Gasteiger partial charge in [-0.2, -0.15) is 0 Å². The SMILES string of the molecule is CC(CN)C(C)(O)CCC(C)(C)C. The van der Waals surface area contributed by atoms with Gasteiger partial charge in [-0.3, -0.25) is 0 Å². The van der Waals surface area contributed by atoms with Gasteiger partial charge in [0, 0.05) is 0 Å². The van der Waals surface area contributed by atoms with Gasteiger partial charge in [-0.15, -0.1) is 0 Å². The fourth-order valence-electron chi connectivity index (χ4n) is 1.13. The zero-order valence-corrected chi connectivity index (χ0v) is 9.72. The quantitative estimate of drug-likeness (QED) is 0.708. The Morgan fingerprint density at radius 3 is 1.92 bits per heavy atom. The highest BCUT2D eigenvalue weighted by atomic mass is 16.3. The van der Waals surface area contributed by atoms with Gasteiger partial charge in [0.15, 0.2) is 0 Å². The number of hydrogen-bond donors (Lipinski definition) is 2. The Morgan fingerprint density at radius 2 is 1.62 bits per heavy atom.